The van der Waals surface area contributed by atoms with E-state index in [0.29, 0.717) is 17.0 Å². The lowest BCUT2D eigenvalue weighted by atomic mass is 10.1. The number of ether oxygens (including phenoxy) is 1. The first kappa shape index (κ1) is 19.0. The van der Waals surface area contributed by atoms with Gasteiger partial charge in [0.1, 0.15) is 5.75 Å². The molecule has 0 aromatic heterocycles. The van der Waals surface area contributed by atoms with Gasteiger partial charge in [0.2, 0.25) is 0 Å². The minimum Gasteiger partial charge on any atom is -0.481 e. The van der Waals surface area contributed by atoms with Gasteiger partial charge in [-0.1, -0.05) is 28.1 Å². The Morgan fingerprint density at radius 1 is 1.00 bits per heavy atom. The van der Waals surface area contributed by atoms with Crippen LogP contribution >= 0.6 is 15.9 Å². The predicted octanol–water partition coefficient (Wildman–Crippen LogP) is 3.99. The fourth-order valence-corrected chi connectivity index (χ4v) is 2.40. The van der Waals surface area contributed by atoms with E-state index in [1.807, 2.05) is 26.0 Å². The summed E-state index contributed by atoms with van der Waals surface area (Å²) in [5.74, 6) is 0.0387. The van der Waals surface area contributed by atoms with E-state index >= 15 is 0 Å². The summed E-state index contributed by atoms with van der Waals surface area (Å²) in [6.07, 6.45) is -0.706. The smallest absolute Gasteiger partial charge is 0.265 e. The third kappa shape index (κ3) is 5.60. The van der Waals surface area contributed by atoms with Crippen molar-refractivity contribution in [1.29, 1.82) is 0 Å². The molecule has 132 valence electrons. The number of benzene rings is 2. The molecule has 1 atom stereocenters. The molecule has 1 unspecified atom stereocenters. The molecule has 2 amide bonds. The molecule has 0 saturated heterocycles. The minimum absolute atomic E-state index is 0.0101. The second-order valence-electron chi connectivity index (χ2n) is 5.88. The van der Waals surface area contributed by atoms with Crippen LogP contribution in [0.1, 0.15) is 31.1 Å². The summed E-state index contributed by atoms with van der Waals surface area (Å²) in [6, 6.07) is 14.1. The van der Waals surface area contributed by atoms with Crippen molar-refractivity contribution in [2.45, 2.75) is 32.9 Å². The maximum atomic E-state index is 12.4. The molecule has 2 rings (SSSR count). The van der Waals surface area contributed by atoms with Crippen molar-refractivity contribution < 1.29 is 14.3 Å². The van der Waals surface area contributed by atoms with E-state index < -0.39 is 6.10 Å². The zero-order valence-electron chi connectivity index (χ0n) is 14.4. The standard InChI is InChI=1S/C19H21BrN2O3/c1-12(2)21-19(24)16-6-4-5-7-17(16)22-18(23)13(3)25-15-10-8-14(20)9-11-15/h4-13H,1-3H3,(H,21,24)(H,22,23). The maximum absolute atomic E-state index is 12.4. The normalized spacial score (nSPS) is 11.7. The molecule has 5 nitrogen and oxygen atoms in total. The van der Waals surface area contributed by atoms with Crippen LogP contribution in [0.5, 0.6) is 5.75 Å². The van der Waals surface area contributed by atoms with Crippen LogP contribution in [0, 0.1) is 0 Å². The van der Waals surface area contributed by atoms with Crippen molar-refractivity contribution >= 4 is 33.4 Å². The van der Waals surface area contributed by atoms with Gasteiger partial charge in [0.15, 0.2) is 6.10 Å². The first-order chi connectivity index (χ1) is 11.9. The summed E-state index contributed by atoms with van der Waals surface area (Å²) in [7, 11) is 0. The molecule has 0 heterocycles. The van der Waals surface area contributed by atoms with Crippen LogP contribution in [0.3, 0.4) is 0 Å². The molecule has 0 radical (unpaired) electrons. The lowest BCUT2D eigenvalue weighted by molar-refractivity contribution is -0.122. The molecule has 2 N–H and O–H groups in total. The van der Waals surface area contributed by atoms with E-state index in [0.717, 1.165) is 4.47 Å². The number of hydrogen-bond acceptors (Lipinski definition) is 3. The first-order valence-electron chi connectivity index (χ1n) is 8.00. The maximum Gasteiger partial charge on any atom is 0.265 e. The fourth-order valence-electron chi connectivity index (χ4n) is 2.14. The van der Waals surface area contributed by atoms with E-state index in [9.17, 15) is 9.59 Å². The minimum atomic E-state index is -0.706. The molecule has 0 bridgehead atoms. The summed E-state index contributed by atoms with van der Waals surface area (Å²) in [4.78, 5) is 24.7. The highest BCUT2D eigenvalue weighted by molar-refractivity contribution is 9.10. The average Bonchev–Trinajstić information content (AvgIpc) is 2.56. The summed E-state index contributed by atoms with van der Waals surface area (Å²) in [6.45, 7) is 5.43. The van der Waals surface area contributed by atoms with Crippen LogP contribution in [-0.2, 0) is 4.79 Å². The van der Waals surface area contributed by atoms with Crippen LogP contribution in [0.2, 0.25) is 0 Å². The van der Waals surface area contributed by atoms with Crippen LogP contribution in [-0.4, -0.2) is 24.0 Å². The third-order valence-corrected chi connectivity index (χ3v) is 3.87. The zero-order valence-corrected chi connectivity index (χ0v) is 16.0. The highest BCUT2D eigenvalue weighted by Crippen LogP contribution is 2.19. The molecular formula is C19H21BrN2O3. The molecule has 0 aliphatic carbocycles. The molecule has 0 aliphatic rings. The highest BCUT2D eigenvalue weighted by Gasteiger charge is 2.18. The fraction of sp³-hybridized carbons (Fsp3) is 0.263. The van der Waals surface area contributed by atoms with Gasteiger partial charge in [-0.25, -0.2) is 0 Å². The Labute approximate surface area is 155 Å². The zero-order chi connectivity index (χ0) is 18.4. The van der Waals surface area contributed by atoms with E-state index in [2.05, 4.69) is 26.6 Å². The van der Waals surface area contributed by atoms with Crippen molar-refractivity contribution in [2.75, 3.05) is 5.32 Å². The van der Waals surface area contributed by atoms with Crippen molar-refractivity contribution in [3.63, 3.8) is 0 Å². The molecule has 2 aromatic rings. The van der Waals surface area contributed by atoms with Gasteiger partial charge in [-0.15, -0.1) is 0 Å². The highest BCUT2D eigenvalue weighted by atomic mass is 79.9. The van der Waals surface area contributed by atoms with Gasteiger partial charge in [0, 0.05) is 10.5 Å². The SMILES string of the molecule is CC(C)NC(=O)c1ccccc1NC(=O)C(C)Oc1ccc(Br)cc1. The van der Waals surface area contributed by atoms with E-state index in [-0.39, 0.29) is 17.9 Å². The molecule has 6 heteroatoms. The third-order valence-electron chi connectivity index (χ3n) is 3.35. The Bertz CT molecular complexity index is 745. The number of hydrogen-bond donors (Lipinski definition) is 2. The van der Waals surface area contributed by atoms with Gasteiger partial charge in [0.25, 0.3) is 11.8 Å². The Hall–Kier alpha value is -2.34. The van der Waals surface area contributed by atoms with Crippen molar-refractivity contribution in [1.82, 2.24) is 5.32 Å². The number of halogens is 1. The summed E-state index contributed by atoms with van der Waals surface area (Å²) < 4.78 is 6.57. The Morgan fingerprint density at radius 3 is 2.28 bits per heavy atom. The Kier molecular flexibility index (Phi) is 6.58. The lowest BCUT2D eigenvalue weighted by Crippen LogP contribution is -2.33. The summed E-state index contributed by atoms with van der Waals surface area (Å²) in [5, 5.41) is 5.58. The Morgan fingerprint density at radius 2 is 1.64 bits per heavy atom. The number of nitrogens with one attached hydrogen (secondary N) is 2. The van der Waals surface area contributed by atoms with E-state index in [1.54, 1.807) is 43.3 Å². The summed E-state index contributed by atoms with van der Waals surface area (Å²) >= 11 is 3.35. The van der Waals surface area contributed by atoms with E-state index in [4.69, 9.17) is 4.74 Å². The molecule has 2 aromatic carbocycles. The van der Waals surface area contributed by atoms with E-state index in [1.165, 1.54) is 0 Å². The number of amides is 2. The molecular weight excluding hydrogens is 384 g/mol. The van der Waals surface area contributed by atoms with Gasteiger partial charge < -0.3 is 15.4 Å². The second-order valence-corrected chi connectivity index (χ2v) is 6.79. The van der Waals surface area contributed by atoms with Crippen molar-refractivity contribution in [3.8, 4) is 5.75 Å². The number of carbonyl (C=O) groups excluding carboxylic acids is 2. The predicted molar refractivity (Wildman–Crippen MR) is 102 cm³/mol. The lowest BCUT2D eigenvalue weighted by Gasteiger charge is -2.17. The van der Waals surface area contributed by atoms with Crippen LogP contribution in [0.25, 0.3) is 0 Å². The summed E-state index contributed by atoms with van der Waals surface area (Å²) in [5.41, 5.74) is 0.872. The van der Waals surface area contributed by atoms with Crippen LogP contribution in [0.4, 0.5) is 5.69 Å². The largest absolute Gasteiger partial charge is 0.481 e. The molecule has 0 fully saturated rings. The molecule has 0 aliphatic heterocycles. The quantitative estimate of drug-likeness (QED) is 0.764. The van der Waals surface area contributed by atoms with Gasteiger partial charge in [-0.3, -0.25) is 9.59 Å². The van der Waals surface area contributed by atoms with Gasteiger partial charge >= 0.3 is 0 Å². The number of carbonyl (C=O) groups is 2. The monoisotopic (exact) mass is 404 g/mol. The van der Waals surface area contributed by atoms with Crippen LogP contribution in [0.15, 0.2) is 53.0 Å². The van der Waals surface area contributed by atoms with Crippen LogP contribution < -0.4 is 15.4 Å². The van der Waals surface area contributed by atoms with Gasteiger partial charge in [-0.2, -0.15) is 0 Å². The number of rotatable bonds is 6. The molecule has 0 spiro atoms. The molecule has 0 saturated carbocycles. The average molecular weight is 405 g/mol. The number of anilines is 1. The number of para-hydroxylation sites is 1. The van der Waals surface area contributed by atoms with Gasteiger partial charge in [0.05, 0.1) is 11.3 Å². The molecule has 25 heavy (non-hydrogen) atoms. The van der Waals surface area contributed by atoms with Crippen molar-refractivity contribution in [2.24, 2.45) is 0 Å². The van der Waals surface area contributed by atoms with Crippen molar-refractivity contribution in [3.05, 3.63) is 58.6 Å². The first-order valence-corrected chi connectivity index (χ1v) is 8.79. The Balaban J connectivity index is 2.07. The van der Waals surface area contributed by atoms with Gasteiger partial charge in [-0.05, 0) is 57.2 Å². The topological polar surface area (TPSA) is 67.4 Å². The second kappa shape index (κ2) is 8.67.